The van der Waals surface area contributed by atoms with E-state index in [0.29, 0.717) is 18.9 Å². The van der Waals surface area contributed by atoms with Gasteiger partial charge in [0.1, 0.15) is 12.4 Å². The molecule has 6 heteroatoms. The van der Waals surface area contributed by atoms with Crippen molar-refractivity contribution in [2.45, 2.75) is 6.92 Å². The fourth-order valence-corrected chi connectivity index (χ4v) is 2.48. The summed E-state index contributed by atoms with van der Waals surface area (Å²) in [5.74, 6) is 6.29. The third kappa shape index (κ3) is 5.25. The van der Waals surface area contributed by atoms with Crippen molar-refractivity contribution in [3.63, 3.8) is 0 Å². The summed E-state index contributed by atoms with van der Waals surface area (Å²) in [5.41, 5.74) is 2.72. The minimum absolute atomic E-state index is 0.0502. The monoisotopic (exact) mass is 364 g/mol. The Labute approximate surface area is 158 Å². The molecule has 2 amide bonds. The maximum absolute atomic E-state index is 11.8. The molecule has 0 unspecified atom stereocenters. The molecule has 2 aromatic carbocycles. The highest BCUT2D eigenvalue weighted by atomic mass is 16.6. The van der Waals surface area contributed by atoms with Gasteiger partial charge in [0, 0.05) is 11.3 Å². The van der Waals surface area contributed by atoms with Gasteiger partial charge >= 0.3 is 6.09 Å². The Balaban J connectivity index is 1.42. The van der Waals surface area contributed by atoms with Crippen molar-refractivity contribution in [2.75, 3.05) is 31.2 Å². The van der Waals surface area contributed by atoms with Crippen LogP contribution in [-0.4, -0.2) is 38.3 Å². The van der Waals surface area contributed by atoms with Gasteiger partial charge in [-0.2, -0.15) is 0 Å². The van der Waals surface area contributed by atoms with Gasteiger partial charge in [-0.25, -0.2) is 4.79 Å². The van der Waals surface area contributed by atoms with Crippen LogP contribution in [0.25, 0.3) is 0 Å². The summed E-state index contributed by atoms with van der Waals surface area (Å²) in [5, 5.41) is 2.69. The number of hydrogen-bond acceptors (Lipinski definition) is 4. The van der Waals surface area contributed by atoms with Crippen LogP contribution in [0, 0.1) is 18.8 Å². The Morgan fingerprint density at radius 1 is 1.19 bits per heavy atom. The summed E-state index contributed by atoms with van der Waals surface area (Å²) in [6, 6.07) is 14.8. The number of cyclic esters (lactones) is 1. The molecule has 138 valence electrons. The van der Waals surface area contributed by atoms with Gasteiger partial charge in [-0.3, -0.25) is 9.69 Å². The molecule has 1 aliphatic heterocycles. The van der Waals surface area contributed by atoms with E-state index >= 15 is 0 Å². The molecular formula is C21H20N2O4. The third-order valence-corrected chi connectivity index (χ3v) is 3.94. The van der Waals surface area contributed by atoms with Crippen LogP contribution in [0.5, 0.6) is 5.75 Å². The molecule has 1 fully saturated rings. The standard InChI is InChI=1S/C21H20N2O4/c1-16-4-10-19(11-5-16)27-15-20(24)22-12-2-3-17-6-8-18(9-7-17)23-13-14-26-21(23)25/h4-11H,12-15H2,1H3,(H,22,24). The number of carbonyl (C=O) groups is 2. The third-order valence-electron chi connectivity index (χ3n) is 3.94. The number of amides is 2. The van der Waals surface area contributed by atoms with Gasteiger partial charge in [-0.15, -0.1) is 0 Å². The summed E-state index contributed by atoms with van der Waals surface area (Å²) in [6.07, 6.45) is -0.329. The molecule has 2 aromatic rings. The fraction of sp³-hybridized carbons (Fsp3) is 0.238. The van der Waals surface area contributed by atoms with E-state index in [1.54, 1.807) is 4.90 Å². The number of carbonyl (C=O) groups excluding carboxylic acids is 2. The van der Waals surface area contributed by atoms with Crippen LogP contribution >= 0.6 is 0 Å². The highest BCUT2D eigenvalue weighted by Crippen LogP contribution is 2.18. The van der Waals surface area contributed by atoms with Crippen molar-refractivity contribution in [1.29, 1.82) is 0 Å². The van der Waals surface area contributed by atoms with Crippen molar-refractivity contribution in [3.8, 4) is 17.6 Å². The summed E-state index contributed by atoms with van der Waals surface area (Å²) in [6.45, 7) is 3.14. The van der Waals surface area contributed by atoms with Crippen molar-refractivity contribution in [2.24, 2.45) is 0 Å². The number of anilines is 1. The second-order valence-electron chi connectivity index (χ2n) is 5.99. The number of nitrogens with one attached hydrogen (secondary N) is 1. The first-order valence-corrected chi connectivity index (χ1v) is 8.61. The molecule has 0 bridgehead atoms. The molecule has 27 heavy (non-hydrogen) atoms. The van der Waals surface area contributed by atoms with Gasteiger partial charge in [-0.05, 0) is 43.3 Å². The molecule has 1 heterocycles. The summed E-state index contributed by atoms with van der Waals surface area (Å²) in [4.78, 5) is 24.9. The van der Waals surface area contributed by atoms with E-state index in [1.807, 2.05) is 55.5 Å². The number of benzene rings is 2. The number of hydrogen-bond donors (Lipinski definition) is 1. The summed E-state index contributed by atoms with van der Waals surface area (Å²) >= 11 is 0. The van der Waals surface area contributed by atoms with E-state index in [2.05, 4.69) is 17.2 Å². The van der Waals surface area contributed by atoms with Gasteiger partial charge in [0.15, 0.2) is 6.61 Å². The molecule has 0 radical (unpaired) electrons. The normalized spacial score (nSPS) is 12.8. The van der Waals surface area contributed by atoms with Crippen LogP contribution in [0.2, 0.25) is 0 Å². The summed E-state index contributed by atoms with van der Waals surface area (Å²) in [7, 11) is 0. The van der Waals surface area contributed by atoms with Crippen molar-refractivity contribution < 1.29 is 19.1 Å². The Bertz CT molecular complexity index is 864. The Kier molecular flexibility index (Phi) is 5.95. The number of aryl methyl sites for hydroxylation is 1. The molecule has 1 N–H and O–H groups in total. The lowest BCUT2D eigenvalue weighted by atomic mass is 10.2. The van der Waals surface area contributed by atoms with Crippen molar-refractivity contribution >= 4 is 17.7 Å². The quantitative estimate of drug-likeness (QED) is 0.828. The van der Waals surface area contributed by atoms with E-state index < -0.39 is 0 Å². The molecule has 0 aromatic heterocycles. The molecule has 3 rings (SSSR count). The van der Waals surface area contributed by atoms with Crippen LogP contribution in [-0.2, 0) is 9.53 Å². The van der Waals surface area contributed by atoms with Crippen molar-refractivity contribution in [1.82, 2.24) is 5.32 Å². The maximum Gasteiger partial charge on any atom is 0.414 e. The van der Waals surface area contributed by atoms with Gasteiger partial charge in [0.2, 0.25) is 0 Å². The van der Waals surface area contributed by atoms with E-state index in [0.717, 1.165) is 16.8 Å². The SMILES string of the molecule is Cc1ccc(OCC(=O)NCC#Cc2ccc(N3CCOC3=O)cc2)cc1. The average Bonchev–Trinajstić information content (AvgIpc) is 3.11. The second kappa shape index (κ2) is 8.77. The average molecular weight is 364 g/mol. The molecule has 6 nitrogen and oxygen atoms in total. The van der Waals surface area contributed by atoms with Gasteiger partial charge < -0.3 is 14.8 Å². The van der Waals surface area contributed by atoms with Crippen LogP contribution in [0.15, 0.2) is 48.5 Å². The fourth-order valence-electron chi connectivity index (χ4n) is 2.48. The van der Waals surface area contributed by atoms with Gasteiger partial charge in [0.05, 0.1) is 13.1 Å². The van der Waals surface area contributed by atoms with Crippen LogP contribution in [0.3, 0.4) is 0 Å². The Morgan fingerprint density at radius 2 is 1.93 bits per heavy atom. The lowest BCUT2D eigenvalue weighted by Crippen LogP contribution is -2.29. The van der Waals surface area contributed by atoms with E-state index in [-0.39, 0.29) is 25.2 Å². The zero-order chi connectivity index (χ0) is 19.1. The largest absolute Gasteiger partial charge is 0.484 e. The molecule has 1 aliphatic rings. The molecule has 0 spiro atoms. The zero-order valence-electron chi connectivity index (χ0n) is 15.0. The molecule has 0 saturated carbocycles. The smallest absolute Gasteiger partial charge is 0.414 e. The first-order valence-electron chi connectivity index (χ1n) is 8.61. The maximum atomic E-state index is 11.8. The first-order chi connectivity index (χ1) is 13.1. The summed E-state index contributed by atoms with van der Waals surface area (Å²) < 4.78 is 10.3. The number of rotatable bonds is 5. The van der Waals surface area contributed by atoms with Crippen LogP contribution < -0.4 is 15.0 Å². The van der Waals surface area contributed by atoms with Crippen molar-refractivity contribution in [3.05, 3.63) is 59.7 Å². The molecule has 0 aliphatic carbocycles. The van der Waals surface area contributed by atoms with Gasteiger partial charge in [-0.1, -0.05) is 29.5 Å². The first kappa shape index (κ1) is 18.3. The number of ether oxygens (including phenoxy) is 2. The molecular weight excluding hydrogens is 344 g/mol. The predicted molar refractivity (Wildman–Crippen MR) is 102 cm³/mol. The van der Waals surface area contributed by atoms with E-state index in [4.69, 9.17) is 9.47 Å². The van der Waals surface area contributed by atoms with Gasteiger partial charge in [0.25, 0.3) is 5.91 Å². The Hall–Kier alpha value is -3.46. The highest BCUT2D eigenvalue weighted by Gasteiger charge is 2.23. The van der Waals surface area contributed by atoms with E-state index in [1.165, 1.54) is 0 Å². The molecule has 0 atom stereocenters. The number of nitrogens with zero attached hydrogens (tertiary/aromatic N) is 1. The van der Waals surface area contributed by atoms with Crippen LogP contribution in [0.1, 0.15) is 11.1 Å². The minimum Gasteiger partial charge on any atom is -0.484 e. The minimum atomic E-state index is -0.329. The van der Waals surface area contributed by atoms with E-state index in [9.17, 15) is 9.59 Å². The topological polar surface area (TPSA) is 67.9 Å². The lowest BCUT2D eigenvalue weighted by Gasteiger charge is -2.11. The zero-order valence-corrected chi connectivity index (χ0v) is 15.0. The lowest BCUT2D eigenvalue weighted by molar-refractivity contribution is -0.122. The second-order valence-corrected chi connectivity index (χ2v) is 5.99. The Morgan fingerprint density at radius 3 is 2.59 bits per heavy atom. The predicted octanol–water partition coefficient (Wildman–Crippen LogP) is 2.50. The highest BCUT2D eigenvalue weighted by molar-refractivity contribution is 5.89. The van der Waals surface area contributed by atoms with Crippen LogP contribution in [0.4, 0.5) is 10.5 Å². The molecule has 1 saturated heterocycles.